The fraction of sp³-hybridized carbons (Fsp3) is 0.417. The Hall–Kier alpha value is -1.61. The van der Waals surface area contributed by atoms with Crippen LogP contribution >= 0.6 is 0 Å². The molecule has 1 saturated carbocycles. The molecule has 0 radical (unpaired) electrons. The van der Waals surface area contributed by atoms with Crippen LogP contribution in [-0.2, 0) is 6.18 Å². The Bertz CT molecular complexity index is 486. The smallest absolute Gasteiger partial charge is 0.295 e. The SMILES string of the molecule is N#CC(NC1CC1)c1ccc(F)c(C(F)(F)F)c1. The summed E-state index contributed by atoms with van der Waals surface area (Å²) in [7, 11) is 0. The highest BCUT2D eigenvalue weighted by atomic mass is 19.4. The van der Waals surface area contributed by atoms with Crippen LogP contribution in [0.2, 0.25) is 0 Å². The summed E-state index contributed by atoms with van der Waals surface area (Å²) in [6, 6.07) is 3.87. The minimum absolute atomic E-state index is 0.137. The van der Waals surface area contributed by atoms with E-state index in [1.54, 1.807) is 0 Å². The molecular weight excluding hydrogens is 248 g/mol. The van der Waals surface area contributed by atoms with E-state index in [1.807, 2.05) is 6.07 Å². The van der Waals surface area contributed by atoms with E-state index in [2.05, 4.69) is 5.32 Å². The Morgan fingerprint density at radius 3 is 2.50 bits per heavy atom. The molecule has 0 aliphatic heterocycles. The zero-order valence-corrected chi connectivity index (χ0v) is 9.26. The van der Waals surface area contributed by atoms with Crippen molar-refractivity contribution in [2.24, 2.45) is 0 Å². The Morgan fingerprint density at radius 1 is 1.33 bits per heavy atom. The summed E-state index contributed by atoms with van der Waals surface area (Å²) < 4.78 is 50.7. The lowest BCUT2D eigenvalue weighted by Gasteiger charge is -2.14. The Balaban J connectivity index is 2.30. The Morgan fingerprint density at radius 2 is 2.00 bits per heavy atom. The maximum Gasteiger partial charge on any atom is 0.419 e. The standard InChI is InChI=1S/C12H10F4N2/c13-10-4-1-7(5-9(10)12(14,15)16)11(6-17)18-8-2-3-8/h1,4-5,8,11,18H,2-3H2. The van der Waals surface area contributed by atoms with E-state index in [0.29, 0.717) is 6.07 Å². The lowest BCUT2D eigenvalue weighted by Crippen LogP contribution is -2.22. The van der Waals surface area contributed by atoms with Gasteiger partial charge in [0.05, 0.1) is 11.6 Å². The molecule has 2 rings (SSSR count). The summed E-state index contributed by atoms with van der Waals surface area (Å²) >= 11 is 0. The van der Waals surface area contributed by atoms with Crippen molar-refractivity contribution in [2.75, 3.05) is 0 Å². The molecule has 0 bridgehead atoms. The van der Waals surface area contributed by atoms with Crippen molar-refractivity contribution >= 4 is 0 Å². The predicted molar refractivity (Wildman–Crippen MR) is 55.9 cm³/mol. The normalized spacial score (nSPS) is 17.3. The number of nitrogens with zero attached hydrogens (tertiary/aromatic N) is 1. The zero-order valence-electron chi connectivity index (χ0n) is 9.26. The van der Waals surface area contributed by atoms with Crippen LogP contribution in [0.15, 0.2) is 18.2 Å². The number of nitrogens with one attached hydrogen (secondary N) is 1. The first-order chi connectivity index (χ1) is 8.41. The quantitative estimate of drug-likeness (QED) is 0.845. The lowest BCUT2D eigenvalue weighted by atomic mass is 10.0. The van der Waals surface area contributed by atoms with Gasteiger partial charge in [0.1, 0.15) is 11.9 Å². The minimum Gasteiger partial charge on any atom is -0.295 e. The van der Waals surface area contributed by atoms with Gasteiger partial charge < -0.3 is 0 Å². The van der Waals surface area contributed by atoms with E-state index in [4.69, 9.17) is 5.26 Å². The first kappa shape index (κ1) is 12.8. The molecular formula is C12H10F4N2. The van der Waals surface area contributed by atoms with Crippen LogP contribution in [0, 0.1) is 17.1 Å². The van der Waals surface area contributed by atoms with Crippen LogP contribution in [0.5, 0.6) is 0 Å². The van der Waals surface area contributed by atoms with Gasteiger partial charge in [-0.2, -0.15) is 18.4 Å². The van der Waals surface area contributed by atoms with Crippen LogP contribution in [0.25, 0.3) is 0 Å². The number of rotatable bonds is 3. The Labute approximate surface area is 101 Å². The molecule has 1 unspecified atom stereocenters. The second-order valence-corrected chi connectivity index (χ2v) is 4.24. The van der Waals surface area contributed by atoms with Gasteiger partial charge in [-0.25, -0.2) is 4.39 Å². The molecule has 1 atom stereocenters. The highest BCUT2D eigenvalue weighted by Crippen LogP contribution is 2.33. The second-order valence-electron chi connectivity index (χ2n) is 4.24. The van der Waals surface area contributed by atoms with Gasteiger partial charge in [0.15, 0.2) is 0 Å². The third-order valence-electron chi connectivity index (χ3n) is 2.74. The molecule has 1 aliphatic rings. The van der Waals surface area contributed by atoms with E-state index < -0.39 is 23.6 Å². The first-order valence-electron chi connectivity index (χ1n) is 5.44. The second kappa shape index (κ2) is 4.58. The average Bonchev–Trinajstić information content (AvgIpc) is 3.09. The summed E-state index contributed by atoms with van der Waals surface area (Å²) in [6.07, 6.45) is -2.93. The van der Waals surface area contributed by atoms with Crippen molar-refractivity contribution in [2.45, 2.75) is 31.1 Å². The average molecular weight is 258 g/mol. The highest BCUT2D eigenvalue weighted by Gasteiger charge is 2.35. The third-order valence-corrected chi connectivity index (χ3v) is 2.74. The van der Waals surface area contributed by atoms with Crippen LogP contribution in [0.1, 0.15) is 30.0 Å². The Kier molecular flexibility index (Phi) is 3.26. The van der Waals surface area contributed by atoms with Gasteiger partial charge >= 0.3 is 6.18 Å². The maximum atomic E-state index is 13.1. The summed E-state index contributed by atoms with van der Waals surface area (Å²) in [4.78, 5) is 0. The molecule has 1 fully saturated rings. The molecule has 0 heterocycles. The van der Waals surface area contributed by atoms with Gasteiger partial charge in [-0.05, 0) is 30.5 Å². The van der Waals surface area contributed by atoms with E-state index in [9.17, 15) is 17.6 Å². The van der Waals surface area contributed by atoms with Gasteiger partial charge in [-0.3, -0.25) is 5.32 Å². The molecule has 0 amide bonds. The van der Waals surface area contributed by atoms with Crippen molar-refractivity contribution in [1.29, 1.82) is 5.26 Å². The molecule has 18 heavy (non-hydrogen) atoms. The fourth-order valence-electron chi connectivity index (χ4n) is 1.63. The van der Waals surface area contributed by atoms with Gasteiger partial charge in [0.2, 0.25) is 0 Å². The summed E-state index contributed by atoms with van der Waals surface area (Å²) in [5.41, 5.74) is -1.20. The van der Waals surface area contributed by atoms with Crippen LogP contribution in [0.3, 0.4) is 0 Å². The van der Waals surface area contributed by atoms with E-state index >= 15 is 0 Å². The summed E-state index contributed by atoms with van der Waals surface area (Å²) in [6.45, 7) is 0. The number of alkyl halides is 3. The largest absolute Gasteiger partial charge is 0.419 e. The molecule has 1 aromatic carbocycles. The topological polar surface area (TPSA) is 35.8 Å². The van der Waals surface area contributed by atoms with Crippen molar-refractivity contribution in [3.63, 3.8) is 0 Å². The predicted octanol–water partition coefficient (Wildman–Crippen LogP) is 3.16. The fourth-order valence-corrected chi connectivity index (χ4v) is 1.63. The van der Waals surface area contributed by atoms with Gasteiger partial charge in [-0.15, -0.1) is 0 Å². The molecule has 1 N–H and O–H groups in total. The minimum atomic E-state index is -4.75. The van der Waals surface area contributed by atoms with E-state index in [0.717, 1.165) is 18.9 Å². The molecule has 96 valence electrons. The molecule has 0 spiro atoms. The van der Waals surface area contributed by atoms with E-state index in [-0.39, 0.29) is 11.6 Å². The molecule has 1 aromatic rings. The first-order valence-corrected chi connectivity index (χ1v) is 5.44. The van der Waals surface area contributed by atoms with Crippen LogP contribution in [0.4, 0.5) is 17.6 Å². The van der Waals surface area contributed by atoms with Crippen LogP contribution < -0.4 is 5.32 Å². The molecule has 1 aliphatic carbocycles. The van der Waals surface area contributed by atoms with Crippen molar-refractivity contribution < 1.29 is 17.6 Å². The van der Waals surface area contributed by atoms with Crippen molar-refractivity contribution in [3.8, 4) is 6.07 Å². The van der Waals surface area contributed by atoms with Gasteiger partial charge in [0.25, 0.3) is 0 Å². The molecule has 6 heteroatoms. The van der Waals surface area contributed by atoms with Crippen molar-refractivity contribution in [3.05, 3.63) is 35.1 Å². The summed E-state index contributed by atoms with van der Waals surface area (Å²) in [5.74, 6) is -1.32. The highest BCUT2D eigenvalue weighted by molar-refractivity contribution is 5.32. The molecule has 0 saturated heterocycles. The van der Waals surface area contributed by atoms with Gasteiger partial charge in [0, 0.05) is 6.04 Å². The van der Waals surface area contributed by atoms with Crippen LogP contribution in [-0.4, -0.2) is 6.04 Å². The molecule has 2 nitrogen and oxygen atoms in total. The van der Waals surface area contributed by atoms with Gasteiger partial charge in [-0.1, -0.05) is 6.07 Å². The van der Waals surface area contributed by atoms with E-state index in [1.165, 1.54) is 6.07 Å². The number of hydrogen-bond acceptors (Lipinski definition) is 2. The number of halogens is 4. The zero-order chi connectivity index (χ0) is 13.3. The number of nitriles is 1. The monoisotopic (exact) mass is 258 g/mol. The lowest BCUT2D eigenvalue weighted by molar-refractivity contribution is -0.140. The third kappa shape index (κ3) is 2.79. The maximum absolute atomic E-state index is 13.1. The number of hydrogen-bond donors (Lipinski definition) is 1. The number of benzene rings is 1. The summed E-state index contributed by atoms with van der Waals surface area (Å²) in [5, 5.41) is 11.8. The molecule has 0 aromatic heterocycles. The van der Waals surface area contributed by atoms with Crippen molar-refractivity contribution in [1.82, 2.24) is 5.32 Å².